The monoisotopic (exact) mass is 293 g/mol. The summed E-state index contributed by atoms with van der Waals surface area (Å²) in [6, 6.07) is 0. The minimum atomic E-state index is 0.0569. The van der Waals surface area contributed by atoms with Crippen LogP contribution in [0.1, 0.15) is 11.1 Å². The van der Waals surface area contributed by atoms with E-state index in [0.29, 0.717) is 26.1 Å². The number of amidine groups is 2. The second-order valence-electron chi connectivity index (χ2n) is 3.10. The van der Waals surface area contributed by atoms with Crippen molar-refractivity contribution >= 4 is 58.2 Å². The second kappa shape index (κ2) is 4.11. The lowest BCUT2D eigenvalue weighted by Crippen LogP contribution is -2.20. The molecule has 3 N–H and O–H groups in total. The summed E-state index contributed by atoms with van der Waals surface area (Å²) in [6.45, 7) is 0. The van der Waals surface area contributed by atoms with E-state index in [1.165, 1.54) is 11.8 Å². The molecule has 0 unspecified atom stereocenters. The Labute approximate surface area is 111 Å². The van der Waals surface area contributed by atoms with Crippen LogP contribution in [0.2, 0.25) is 15.1 Å². The van der Waals surface area contributed by atoms with E-state index in [2.05, 4.69) is 5.32 Å². The van der Waals surface area contributed by atoms with Gasteiger partial charge in [-0.15, -0.1) is 11.8 Å². The summed E-state index contributed by atoms with van der Waals surface area (Å²) in [7, 11) is 0. The van der Waals surface area contributed by atoms with E-state index in [1.807, 2.05) is 6.26 Å². The number of halogens is 3. The van der Waals surface area contributed by atoms with Crippen molar-refractivity contribution in [3.63, 3.8) is 0 Å². The Hall–Kier alpha value is -0.420. The minimum absolute atomic E-state index is 0.0569. The van der Waals surface area contributed by atoms with Gasteiger partial charge >= 0.3 is 0 Å². The van der Waals surface area contributed by atoms with E-state index in [9.17, 15) is 0 Å². The first kappa shape index (κ1) is 12.0. The van der Waals surface area contributed by atoms with Gasteiger partial charge in [0.05, 0.1) is 15.1 Å². The molecule has 1 heterocycles. The maximum absolute atomic E-state index is 7.69. The zero-order valence-electron chi connectivity index (χ0n) is 8.04. The zero-order chi connectivity index (χ0) is 12.0. The minimum Gasteiger partial charge on any atom is -0.325 e. The molecule has 0 amide bonds. The second-order valence-corrected chi connectivity index (χ2v) is 5.05. The lowest BCUT2D eigenvalue weighted by atomic mass is 10.1. The van der Waals surface area contributed by atoms with Crippen LogP contribution in [-0.4, -0.2) is 17.9 Å². The molecule has 2 rings (SSSR count). The Kier molecular flexibility index (Phi) is 3.09. The standard InChI is InChI=1S/C9H6Cl3N3S/c1-16-7-5(11)3-2(4(10)6(7)12)8(13)15-9(3)14/h1H3,(H3,13,14,15). The SMILES string of the molecule is CSc1c(Cl)c(Cl)c2c(c1Cl)C(=N)NC2=N. The van der Waals surface area contributed by atoms with E-state index in [-0.39, 0.29) is 16.7 Å². The molecule has 1 aromatic carbocycles. The normalized spacial score (nSPS) is 14.0. The number of rotatable bonds is 1. The topological polar surface area (TPSA) is 59.7 Å². The average molecular weight is 295 g/mol. The van der Waals surface area contributed by atoms with E-state index in [4.69, 9.17) is 45.6 Å². The number of hydrogen-bond donors (Lipinski definition) is 3. The Morgan fingerprint density at radius 1 is 0.938 bits per heavy atom. The van der Waals surface area contributed by atoms with Gasteiger partial charge in [-0.3, -0.25) is 10.8 Å². The fourth-order valence-corrected chi connectivity index (χ4v) is 3.42. The van der Waals surface area contributed by atoms with Gasteiger partial charge in [0.1, 0.15) is 11.7 Å². The van der Waals surface area contributed by atoms with E-state index in [1.54, 1.807) is 0 Å². The number of nitrogens with one attached hydrogen (secondary N) is 3. The molecule has 0 spiro atoms. The average Bonchev–Trinajstić information content (AvgIpc) is 2.52. The molecule has 7 heteroatoms. The Morgan fingerprint density at radius 2 is 1.44 bits per heavy atom. The highest BCUT2D eigenvalue weighted by Gasteiger charge is 2.31. The van der Waals surface area contributed by atoms with Crippen LogP contribution in [0.5, 0.6) is 0 Å². The largest absolute Gasteiger partial charge is 0.325 e. The van der Waals surface area contributed by atoms with Crippen molar-refractivity contribution in [2.45, 2.75) is 4.90 Å². The number of benzene rings is 1. The van der Waals surface area contributed by atoms with Crippen LogP contribution in [0.25, 0.3) is 0 Å². The molecular formula is C9H6Cl3N3S. The predicted octanol–water partition coefficient (Wildman–Crippen LogP) is 3.62. The highest BCUT2D eigenvalue weighted by molar-refractivity contribution is 7.98. The van der Waals surface area contributed by atoms with E-state index in [0.717, 1.165) is 0 Å². The van der Waals surface area contributed by atoms with Gasteiger partial charge in [0.15, 0.2) is 0 Å². The Morgan fingerprint density at radius 3 is 1.94 bits per heavy atom. The van der Waals surface area contributed by atoms with Crippen LogP contribution >= 0.6 is 46.6 Å². The molecule has 0 fully saturated rings. The third kappa shape index (κ3) is 1.52. The highest BCUT2D eigenvalue weighted by Crippen LogP contribution is 2.44. The summed E-state index contributed by atoms with van der Waals surface area (Å²) >= 11 is 19.6. The van der Waals surface area contributed by atoms with Crippen LogP contribution in [0.4, 0.5) is 0 Å². The highest BCUT2D eigenvalue weighted by atomic mass is 35.5. The van der Waals surface area contributed by atoms with Crippen molar-refractivity contribution < 1.29 is 0 Å². The molecule has 0 aromatic heterocycles. The number of thioether (sulfide) groups is 1. The van der Waals surface area contributed by atoms with Gasteiger partial charge in [0.25, 0.3) is 0 Å². The number of hydrogen-bond acceptors (Lipinski definition) is 3. The molecule has 0 saturated carbocycles. The van der Waals surface area contributed by atoms with Crippen LogP contribution in [0.3, 0.4) is 0 Å². The van der Waals surface area contributed by atoms with Gasteiger partial charge in [-0.2, -0.15) is 0 Å². The Balaban J connectivity index is 2.88. The maximum Gasteiger partial charge on any atom is 0.133 e. The van der Waals surface area contributed by atoms with Crippen LogP contribution in [0, 0.1) is 10.8 Å². The molecule has 1 aliphatic heterocycles. The first-order valence-electron chi connectivity index (χ1n) is 4.18. The summed E-state index contributed by atoms with van der Waals surface area (Å²) in [6.07, 6.45) is 1.83. The molecule has 0 atom stereocenters. The Bertz CT molecular complexity index is 527. The van der Waals surface area contributed by atoms with Crippen LogP contribution < -0.4 is 5.32 Å². The van der Waals surface area contributed by atoms with Crippen molar-refractivity contribution in [3.05, 3.63) is 26.2 Å². The fourth-order valence-electron chi connectivity index (χ4n) is 1.54. The summed E-state index contributed by atoms with van der Waals surface area (Å²) in [5.74, 6) is 0.139. The molecule has 1 aliphatic rings. The zero-order valence-corrected chi connectivity index (χ0v) is 11.1. The number of fused-ring (bicyclic) bond motifs is 1. The fraction of sp³-hybridized carbons (Fsp3) is 0.111. The van der Waals surface area contributed by atoms with Crippen molar-refractivity contribution in [1.29, 1.82) is 10.8 Å². The first-order chi connectivity index (χ1) is 7.49. The van der Waals surface area contributed by atoms with E-state index < -0.39 is 0 Å². The van der Waals surface area contributed by atoms with Crippen LogP contribution in [-0.2, 0) is 0 Å². The van der Waals surface area contributed by atoms with Crippen molar-refractivity contribution in [2.75, 3.05) is 6.26 Å². The lowest BCUT2D eigenvalue weighted by molar-refractivity contribution is 1.29. The van der Waals surface area contributed by atoms with Gasteiger partial charge in [-0.1, -0.05) is 34.8 Å². The first-order valence-corrected chi connectivity index (χ1v) is 6.54. The molecule has 1 aromatic rings. The quantitative estimate of drug-likeness (QED) is 0.547. The lowest BCUT2D eigenvalue weighted by Gasteiger charge is -2.10. The summed E-state index contributed by atoms with van der Waals surface area (Å²) in [4.78, 5) is 0.633. The molecule has 16 heavy (non-hydrogen) atoms. The maximum atomic E-state index is 7.69. The molecule has 3 nitrogen and oxygen atoms in total. The van der Waals surface area contributed by atoms with E-state index >= 15 is 0 Å². The smallest absolute Gasteiger partial charge is 0.133 e. The summed E-state index contributed by atoms with van der Waals surface area (Å²) < 4.78 is 0. The summed E-state index contributed by atoms with van der Waals surface area (Å²) in [5.41, 5.74) is 0.852. The van der Waals surface area contributed by atoms with Gasteiger partial charge in [-0.25, -0.2) is 0 Å². The van der Waals surface area contributed by atoms with Gasteiger partial charge in [0.2, 0.25) is 0 Å². The van der Waals surface area contributed by atoms with Crippen molar-refractivity contribution in [1.82, 2.24) is 5.32 Å². The van der Waals surface area contributed by atoms with Gasteiger partial charge in [0, 0.05) is 16.0 Å². The molecule has 0 saturated heterocycles. The molecule has 0 aliphatic carbocycles. The summed E-state index contributed by atoms with van der Waals surface area (Å²) in [5, 5.41) is 18.9. The predicted molar refractivity (Wildman–Crippen MR) is 70.0 cm³/mol. The third-order valence-corrected chi connectivity index (χ3v) is 4.51. The third-order valence-electron chi connectivity index (χ3n) is 2.23. The molecule has 0 bridgehead atoms. The molecular weight excluding hydrogens is 289 g/mol. The van der Waals surface area contributed by atoms with Crippen LogP contribution in [0.15, 0.2) is 4.90 Å². The molecule has 0 radical (unpaired) electrons. The molecule has 84 valence electrons. The van der Waals surface area contributed by atoms with Gasteiger partial charge in [-0.05, 0) is 6.26 Å². The van der Waals surface area contributed by atoms with Crippen molar-refractivity contribution in [2.24, 2.45) is 0 Å². The van der Waals surface area contributed by atoms with Gasteiger partial charge < -0.3 is 5.32 Å². The van der Waals surface area contributed by atoms with Crippen molar-refractivity contribution in [3.8, 4) is 0 Å².